The third-order valence-corrected chi connectivity index (χ3v) is 5.34. The van der Waals surface area contributed by atoms with Crippen molar-refractivity contribution in [1.82, 2.24) is 9.88 Å². The van der Waals surface area contributed by atoms with Crippen LogP contribution in [0.25, 0.3) is 5.69 Å². The van der Waals surface area contributed by atoms with Crippen molar-refractivity contribution in [1.29, 1.82) is 0 Å². The first-order valence-corrected chi connectivity index (χ1v) is 11.3. The van der Waals surface area contributed by atoms with Gasteiger partial charge in [-0.1, -0.05) is 23.7 Å². The van der Waals surface area contributed by atoms with Crippen molar-refractivity contribution in [2.24, 2.45) is 0 Å². The van der Waals surface area contributed by atoms with Crippen molar-refractivity contribution >= 4 is 33.2 Å². The Labute approximate surface area is 180 Å². The molecule has 7 nitrogen and oxygen atoms in total. The second-order valence-electron chi connectivity index (χ2n) is 6.79. The quantitative estimate of drug-likeness (QED) is 0.572. The number of aromatic nitrogens is 1. The van der Waals surface area contributed by atoms with E-state index in [-0.39, 0.29) is 11.9 Å². The summed E-state index contributed by atoms with van der Waals surface area (Å²) in [6.45, 7) is 1.81. The van der Waals surface area contributed by atoms with E-state index in [0.717, 1.165) is 11.8 Å². The standard InChI is InChI=1S/C21H22ClN3O4S/c1-14(15-7-6-8-16(11-15)24-30(3,27)28)23-21(26)17-12-18(22)19(13-20(17)29-2)25-9-4-5-10-25/h4-14,24H,1-3H3,(H,23,26). The van der Waals surface area contributed by atoms with E-state index in [1.807, 2.05) is 29.1 Å². The Bertz CT molecular complexity index is 1160. The Kier molecular flexibility index (Phi) is 6.38. The maximum Gasteiger partial charge on any atom is 0.255 e. The van der Waals surface area contributed by atoms with E-state index in [2.05, 4.69) is 10.0 Å². The molecule has 0 bridgehead atoms. The van der Waals surface area contributed by atoms with Crippen LogP contribution in [0.2, 0.25) is 5.02 Å². The highest BCUT2D eigenvalue weighted by Crippen LogP contribution is 2.30. The topological polar surface area (TPSA) is 89.4 Å². The number of sulfonamides is 1. The van der Waals surface area contributed by atoms with Gasteiger partial charge in [0.2, 0.25) is 10.0 Å². The zero-order chi connectivity index (χ0) is 21.9. The molecule has 2 aromatic carbocycles. The first-order chi connectivity index (χ1) is 14.2. The highest BCUT2D eigenvalue weighted by molar-refractivity contribution is 7.92. The molecule has 0 spiro atoms. The SMILES string of the molecule is COc1cc(-n2cccc2)c(Cl)cc1C(=O)NC(C)c1cccc(NS(C)(=O)=O)c1. The largest absolute Gasteiger partial charge is 0.496 e. The Morgan fingerprint density at radius 2 is 1.83 bits per heavy atom. The molecule has 1 heterocycles. The Morgan fingerprint density at radius 1 is 1.13 bits per heavy atom. The lowest BCUT2D eigenvalue weighted by molar-refractivity contribution is 0.0937. The summed E-state index contributed by atoms with van der Waals surface area (Å²) in [6, 6.07) is 13.5. The number of hydrogen-bond acceptors (Lipinski definition) is 4. The number of methoxy groups -OCH3 is 1. The third kappa shape index (κ3) is 5.14. The monoisotopic (exact) mass is 447 g/mol. The molecular weight excluding hydrogens is 426 g/mol. The van der Waals surface area contributed by atoms with Gasteiger partial charge in [-0.2, -0.15) is 0 Å². The van der Waals surface area contributed by atoms with Gasteiger partial charge in [0.15, 0.2) is 0 Å². The molecule has 0 aliphatic carbocycles. The molecule has 2 N–H and O–H groups in total. The van der Waals surface area contributed by atoms with Crippen LogP contribution in [0.15, 0.2) is 60.9 Å². The van der Waals surface area contributed by atoms with Crippen LogP contribution in [0.4, 0.5) is 5.69 Å². The number of nitrogens with one attached hydrogen (secondary N) is 2. The molecule has 0 saturated carbocycles. The van der Waals surface area contributed by atoms with Crippen LogP contribution in [0.5, 0.6) is 5.75 Å². The Balaban J connectivity index is 1.84. The maximum atomic E-state index is 12.9. The van der Waals surface area contributed by atoms with Gasteiger partial charge in [0.05, 0.1) is 35.7 Å². The van der Waals surface area contributed by atoms with E-state index >= 15 is 0 Å². The molecule has 0 saturated heterocycles. The number of carbonyl (C=O) groups excluding carboxylic acids is 1. The fourth-order valence-electron chi connectivity index (χ4n) is 3.03. The first-order valence-electron chi connectivity index (χ1n) is 9.07. The average Bonchev–Trinajstić information content (AvgIpc) is 3.21. The van der Waals surface area contributed by atoms with E-state index in [1.165, 1.54) is 7.11 Å². The van der Waals surface area contributed by atoms with Gasteiger partial charge in [-0.25, -0.2) is 8.42 Å². The number of carbonyl (C=O) groups is 1. The average molecular weight is 448 g/mol. The minimum Gasteiger partial charge on any atom is -0.496 e. The lowest BCUT2D eigenvalue weighted by Crippen LogP contribution is -2.27. The van der Waals surface area contributed by atoms with Crippen molar-refractivity contribution < 1.29 is 17.9 Å². The van der Waals surface area contributed by atoms with Gasteiger partial charge in [0, 0.05) is 24.1 Å². The van der Waals surface area contributed by atoms with Crippen LogP contribution in [0.1, 0.15) is 28.9 Å². The number of amides is 1. The normalized spacial score (nSPS) is 12.3. The molecule has 1 aromatic heterocycles. The lowest BCUT2D eigenvalue weighted by Gasteiger charge is -2.18. The highest BCUT2D eigenvalue weighted by atomic mass is 35.5. The molecule has 0 radical (unpaired) electrons. The molecule has 0 aliphatic heterocycles. The minimum absolute atomic E-state index is 0.302. The highest BCUT2D eigenvalue weighted by Gasteiger charge is 2.19. The van der Waals surface area contributed by atoms with Crippen molar-refractivity contribution in [2.45, 2.75) is 13.0 Å². The summed E-state index contributed by atoms with van der Waals surface area (Å²) in [6.07, 6.45) is 4.78. The Hall–Kier alpha value is -2.97. The molecule has 0 aliphatic rings. The molecule has 1 atom stereocenters. The molecule has 1 unspecified atom stereocenters. The van der Waals surface area contributed by atoms with Gasteiger partial charge in [-0.05, 0) is 42.8 Å². The zero-order valence-electron chi connectivity index (χ0n) is 16.7. The predicted molar refractivity (Wildman–Crippen MR) is 118 cm³/mol. The second-order valence-corrected chi connectivity index (χ2v) is 8.94. The zero-order valence-corrected chi connectivity index (χ0v) is 18.3. The smallest absolute Gasteiger partial charge is 0.255 e. The summed E-state index contributed by atoms with van der Waals surface area (Å²) in [5.41, 5.74) is 2.16. The van der Waals surface area contributed by atoms with E-state index in [1.54, 1.807) is 43.3 Å². The molecule has 9 heteroatoms. The third-order valence-electron chi connectivity index (χ3n) is 4.43. The first kappa shape index (κ1) is 21.7. The summed E-state index contributed by atoms with van der Waals surface area (Å²) in [4.78, 5) is 12.9. The van der Waals surface area contributed by atoms with Crippen molar-refractivity contribution in [3.8, 4) is 11.4 Å². The number of ether oxygens (including phenoxy) is 1. The summed E-state index contributed by atoms with van der Waals surface area (Å²) < 4.78 is 32.6. The molecule has 3 aromatic rings. The number of halogens is 1. The Morgan fingerprint density at radius 3 is 2.47 bits per heavy atom. The number of benzene rings is 2. The molecular formula is C21H22ClN3O4S. The maximum absolute atomic E-state index is 12.9. The van der Waals surface area contributed by atoms with Crippen LogP contribution in [-0.2, 0) is 10.0 Å². The summed E-state index contributed by atoms with van der Waals surface area (Å²) in [7, 11) is -1.90. The summed E-state index contributed by atoms with van der Waals surface area (Å²) in [5.74, 6) is 0.0297. The number of hydrogen-bond donors (Lipinski definition) is 2. The van der Waals surface area contributed by atoms with Crippen molar-refractivity contribution in [3.63, 3.8) is 0 Å². The van der Waals surface area contributed by atoms with Crippen LogP contribution >= 0.6 is 11.6 Å². The minimum atomic E-state index is -3.39. The van der Waals surface area contributed by atoms with E-state index in [9.17, 15) is 13.2 Å². The predicted octanol–water partition coefficient (Wildman–Crippen LogP) is 4.00. The van der Waals surface area contributed by atoms with Gasteiger partial charge in [0.25, 0.3) is 5.91 Å². The van der Waals surface area contributed by atoms with Crippen LogP contribution in [-0.4, -0.2) is 32.3 Å². The van der Waals surface area contributed by atoms with Gasteiger partial charge in [-0.15, -0.1) is 0 Å². The summed E-state index contributed by atoms with van der Waals surface area (Å²) >= 11 is 6.41. The molecule has 3 rings (SSSR count). The molecule has 30 heavy (non-hydrogen) atoms. The van der Waals surface area contributed by atoms with Gasteiger partial charge < -0.3 is 14.6 Å². The molecule has 1 amide bonds. The fourth-order valence-corrected chi connectivity index (χ4v) is 3.84. The fraction of sp³-hybridized carbons (Fsp3) is 0.190. The molecule has 158 valence electrons. The van der Waals surface area contributed by atoms with E-state index in [0.29, 0.717) is 27.7 Å². The lowest BCUT2D eigenvalue weighted by atomic mass is 10.1. The summed E-state index contributed by atoms with van der Waals surface area (Å²) in [5, 5.41) is 3.30. The number of nitrogens with zero attached hydrogens (tertiary/aromatic N) is 1. The van der Waals surface area contributed by atoms with Crippen LogP contribution in [0.3, 0.4) is 0 Å². The van der Waals surface area contributed by atoms with Crippen LogP contribution in [0, 0.1) is 0 Å². The van der Waals surface area contributed by atoms with Crippen LogP contribution < -0.4 is 14.8 Å². The van der Waals surface area contributed by atoms with Gasteiger partial charge in [0.1, 0.15) is 5.75 Å². The van der Waals surface area contributed by atoms with E-state index in [4.69, 9.17) is 16.3 Å². The second kappa shape index (κ2) is 8.81. The molecule has 0 fully saturated rings. The van der Waals surface area contributed by atoms with Crippen molar-refractivity contribution in [2.75, 3.05) is 18.1 Å². The number of anilines is 1. The van der Waals surface area contributed by atoms with Gasteiger partial charge in [-0.3, -0.25) is 9.52 Å². The van der Waals surface area contributed by atoms with Gasteiger partial charge >= 0.3 is 0 Å². The van der Waals surface area contributed by atoms with E-state index < -0.39 is 10.0 Å². The number of rotatable bonds is 7. The van der Waals surface area contributed by atoms with Crippen molar-refractivity contribution in [3.05, 3.63) is 77.1 Å².